The van der Waals surface area contributed by atoms with E-state index >= 15 is 0 Å². The van der Waals surface area contributed by atoms with E-state index in [0.717, 1.165) is 12.1 Å². The summed E-state index contributed by atoms with van der Waals surface area (Å²) in [6.45, 7) is 0.239. The van der Waals surface area contributed by atoms with Crippen LogP contribution in [0.3, 0.4) is 0 Å². The molecular weight excluding hydrogens is 544 g/mol. The van der Waals surface area contributed by atoms with Gasteiger partial charge in [-0.15, -0.1) is 0 Å². The first-order valence-corrected chi connectivity index (χ1v) is 12.8. The van der Waals surface area contributed by atoms with Gasteiger partial charge in [0.1, 0.15) is 20.2 Å². The van der Waals surface area contributed by atoms with Crippen molar-refractivity contribution in [3.05, 3.63) is 76.3 Å². The molecule has 1 aliphatic rings. The molecule has 0 heterocycles. The monoisotopic (exact) mass is 561 g/mol. The maximum atomic E-state index is 13.3. The van der Waals surface area contributed by atoms with E-state index in [-0.39, 0.29) is 93.7 Å². The van der Waals surface area contributed by atoms with Gasteiger partial charge >= 0.3 is 59.1 Å². The van der Waals surface area contributed by atoms with Crippen LogP contribution in [-0.2, 0) is 26.8 Å². The second kappa shape index (κ2) is 11.6. The Labute approximate surface area is 257 Å². The number of nitrogen functional groups attached to an aromatic ring is 1. The van der Waals surface area contributed by atoms with Gasteiger partial charge in [0, 0.05) is 17.7 Å². The molecular formula is C22H17N3Na2O8S2. The van der Waals surface area contributed by atoms with Crippen molar-refractivity contribution >= 4 is 48.9 Å². The Morgan fingerprint density at radius 2 is 1.32 bits per heavy atom. The van der Waals surface area contributed by atoms with E-state index in [0.29, 0.717) is 5.56 Å². The second-order valence-electron chi connectivity index (χ2n) is 7.68. The number of benzene rings is 3. The van der Waals surface area contributed by atoms with E-state index in [9.17, 15) is 35.5 Å². The minimum atomic E-state index is -5.22. The van der Waals surface area contributed by atoms with Crippen LogP contribution in [0.25, 0.3) is 0 Å². The van der Waals surface area contributed by atoms with Gasteiger partial charge in [0.25, 0.3) is 0 Å². The molecule has 182 valence electrons. The maximum absolute atomic E-state index is 13.3. The fourth-order valence-electron chi connectivity index (χ4n) is 3.94. The van der Waals surface area contributed by atoms with Crippen molar-refractivity contribution in [1.29, 1.82) is 0 Å². The Hall–Kier alpha value is -1.62. The van der Waals surface area contributed by atoms with Crippen LogP contribution in [-0.4, -0.2) is 44.6 Å². The van der Waals surface area contributed by atoms with Crippen molar-refractivity contribution in [2.45, 2.75) is 16.3 Å². The number of ketones is 2. The number of anilines is 3. The zero-order valence-corrected chi connectivity index (χ0v) is 25.6. The van der Waals surface area contributed by atoms with Crippen LogP contribution in [0.15, 0.2) is 58.3 Å². The van der Waals surface area contributed by atoms with Crippen molar-refractivity contribution in [1.82, 2.24) is 5.32 Å². The zero-order valence-electron chi connectivity index (χ0n) is 20.0. The van der Waals surface area contributed by atoms with Crippen LogP contribution < -0.4 is 75.5 Å². The fourth-order valence-corrected chi connectivity index (χ4v) is 5.25. The second-order valence-corrected chi connectivity index (χ2v) is 10.4. The van der Waals surface area contributed by atoms with E-state index in [1.807, 2.05) is 0 Å². The van der Waals surface area contributed by atoms with Gasteiger partial charge in [-0.1, -0.05) is 30.3 Å². The summed E-state index contributed by atoms with van der Waals surface area (Å²) in [5, 5.41) is 5.37. The largest absolute Gasteiger partial charge is 1.00 e. The molecule has 0 fully saturated rings. The summed E-state index contributed by atoms with van der Waals surface area (Å²) < 4.78 is 71.6. The summed E-state index contributed by atoms with van der Waals surface area (Å²) >= 11 is 0. The third kappa shape index (κ3) is 6.02. The van der Waals surface area contributed by atoms with Gasteiger partial charge < -0.3 is 25.5 Å². The Morgan fingerprint density at radius 1 is 0.784 bits per heavy atom. The van der Waals surface area contributed by atoms with Gasteiger partial charge in [-0.25, -0.2) is 16.8 Å². The molecule has 0 unspecified atom stereocenters. The van der Waals surface area contributed by atoms with Gasteiger partial charge in [-0.2, -0.15) is 0 Å². The van der Waals surface area contributed by atoms with Crippen molar-refractivity contribution in [2.24, 2.45) is 0 Å². The summed E-state index contributed by atoms with van der Waals surface area (Å²) in [6, 6.07) is 10.3. The summed E-state index contributed by atoms with van der Waals surface area (Å²) in [5.41, 5.74) is 4.08. The molecule has 15 heteroatoms. The number of carbonyl (C=O) groups is 2. The third-order valence-electron chi connectivity index (χ3n) is 5.43. The number of fused-ring (bicyclic) bond motifs is 2. The SMILES string of the molecule is CNCc1ccc(Nc2cc(S(=O)(=O)[O-])c(N)c3c2C(=O)c2ccccc2C3=O)c(S(=O)(=O)[O-])c1.[Na+].[Na+]. The number of hydrogen-bond acceptors (Lipinski definition) is 11. The molecule has 0 aromatic heterocycles. The minimum Gasteiger partial charge on any atom is -0.744 e. The van der Waals surface area contributed by atoms with E-state index in [1.54, 1.807) is 7.05 Å². The first kappa shape index (κ1) is 31.6. The Kier molecular flexibility index (Phi) is 9.94. The molecule has 0 aliphatic heterocycles. The van der Waals surface area contributed by atoms with E-state index in [1.165, 1.54) is 36.4 Å². The molecule has 0 radical (unpaired) electrons. The van der Waals surface area contributed by atoms with E-state index in [2.05, 4.69) is 10.6 Å². The quantitative estimate of drug-likeness (QED) is 0.116. The molecule has 0 atom stereocenters. The number of carbonyl (C=O) groups excluding carboxylic acids is 2. The average molecular weight is 562 g/mol. The molecule has 3 aromatic carbocycles. The smallest absolute Gasteiger partial charge is 0.744 e. The van der Waals surface area contributed by atoms with Crippen LogP contribution in [0.2, 0.25) is 0 Å². The van der Waals surface area contributed by atoms with Gasteiger partial charge in [0.15, 0.2) is 11.6 Å². The molecule has 11 nitrogen and oxygen atoms in total. The normalized spacial score (nSPS) is 12.6. The Bertz CT molecular complexity index is 1640. The molecule has 4 rings (SSSR count). The number of nitrogens with two attached hydrogens (primary N) is 1. The standard InChI is InChI=1S/C22H19N3O8S2.2Na/c1-24-10-11-6-7-14(16(8-11)34(28,29)30)25-15-9-17(35(31,32)33)20(23)19-18(15)21(26)12-4-2-3-5-13(12)22(19)27;;/h2-9,24-25H,10,23H2,1H3,(H,28,29,30)(H,31,32,33);;/q;2*+1/p-2. The van der Waals surface area contributed by atoms with Gasteiger partial charge in [-0.05, 0) is 30.8 Å². The summed E-state index contributed by atoms with van der Waals surface area (Å²) in [6.07, 6.45) is 0. The molecule has 3 aromatic rings. The first-order chi connectivity index (χ1) is 16.3. The molecule has 1 aliphatic carbocycles. The first-order valence-electron chi connectivity index (χ1n) is 9.96. The van der Waals surface area contributed by atoms with Gasteiger partial charge in [0.05, 0.1) is 38.0 Å². The van der Waals surface area contributed by atoms with Crippen molar-refractivity contribution in [3.63, 3.8) is 0 Å². The predicted molar refractivity (Wildman–Crippen MR) is 123 cm³/mol. The van der Waals surface area contributed by atoms with Crippen LogP contribution in [0, 0.1) is 0 Å². The molecule has 0 saturated carbocycles. The van der Waals surface area contributed by atoms with Crippen LogP contribution in [0.4, 0.5) is 17.1 Å². The molecule has 0 saturated heterocycles. The molecule has 4 N–H and O–H groups in total. The topological polar surface area (TPSA) is 199 Å². The van der Waals surface area contributed by atoms with Crippen LogP contribution in [0.5, 0.6) is 0 Å². The Balaban J connectivity index is 0.00000241. The molecule has 0 amide bonds. The van der Waals surface area contributed by atoms with Crippen molar-refractivity contribution < 1.29 is 94.6 Å². The number of hydrogen-bond donors (Lipinski definition) is 3. The molecule has 37 heavy (non-hydrogen) atoms. The number of nitrogens with one attached hydrogen (secondary N) is 2. The number of rotatable bonds is 6. The minimum absolute atomic E-state index is 0. The maximum Gasteiger partial charge on any atom is 1.00 e. The average Bonchev–Trinajstić information content (AvgIpc) is 2.78. The molecule has 0 bridgehead atoms. The zero-order chi connectivity index (χ0) is 25.7. The van der Waals surface area contributed by atoms with Crippen LogP contribution in [0.1, 0.15) is 37.4 Å². The Morgan fingerprint density at radius 3 is 1.84 bits per heavy atom. The molecule has 0 spiro atoms. The third-order valence-corrected chi connectivity index (χ3v) is 7.19. The van der Waals surface area contributed by atoms with Crippen molar-refractivity contribution in [3.8, 4) is 0 Å². The summed E-state index contributed by atoms with van der Waals surface area (Å²) in [5.74, 6) is -1.50. The fraction of sp³-hybridized carbons (Fsp3) is 0.0909. The van der Waals surface area contributed by atoms with E-state index < -0.39 is 52.8 Å². The van der Waals surface area contributed by atoms with E-state index in [4.69, 9.17) is 5.73 Å². The predicted octanol–water partition coefficient (Wildman–Crippen LogP) is -4.68. The van der Waals surface area contributed by atoms with Gasteiger partial charge in [-0.3, -0.25) is 9.59 Å². The summed E-state index contributed by atoms with van der Waals surface area (Å²) in [7, 11) is -8.64. The van der Waals surface area contributed by atoms with Gasteiger partial charge in [0.2, 0.25) is 0 Å². The van der Waals surface area contributed by atoms with Crippen molar-refractivity contribution in [2.75, 3.05) is 18.1 Å². The van der Waals surface area contributed by atoms with Crippen LogP contribution >= 0.6 is 0 Å². The summed E-state index contributed by atoms with van der Waals surface area (Å²) in [4.78, 5) is 24.9.